The number of fused-ring (bicyclic) bond motifs is 2. The van der Waals surface area contributed by atoms with Crippen LogP contribution in [0, 0.1) is 0 Å². The average Bonchev–Trinajstić information content (AvgIpc) is 3.24. The molecule has 2 aliphatic rings. The summed E-state index contributed by atoms with van der Waals surface area (Å²) in [5.74, 6) is 0.785. The molecular formula is C29H31N3O2. The molecule has 1 aromatic heterocycles. The Morgan fingerprint density at radius 2 is 1.82 bits per heavy atom. The molecule has 1 unspecified atom stereocenters. The van der Waals surface area contributed by atoms with Crippen LogP contribution in [0.15, 0.2) is 73.1 Å². The van der Waals surface area contributed by atoms with Crippen LogP contribution in [0.5, 0.6) is 5.75 Å². The molecule has 34 heavy (non-hydrogen) atoms. The summed E-state index contributed by atoms with van der Waals surface area (Å²) in [6, 6.07) is 23.8. The van der Waals surface area contributed by atoms with E-state index >= 15 is 0 Å². The van der Waals surface area contributed by atoms with Gasteiger partial charge in [-0.15, -0.1) is 0 Å². The van der Waals surface area contributed by atoms with E-state index < -0.39 is 6.10 Å². The van der Waals surface area contributed by atoms with Crippen molar-refractivity contribution in [3.8, 4) is 16.9 Å². The Kier molecular flexibility index (Phi) is 5.81. The Hall–Kier alpha value is -3.15. The maximum absolute atomic E-state index is 10.6. The smallest absolute Gasteiger partial charge is 0.120 e. The molecule has 0 bridgehead atoms. The molecule has 0 spiro atoms. The maximum Gasteiger partial charge on any atom is 0.120 e. The van der Waals surface area contributed by atoms with Crippen molar-refractivity contribution in [3.63, 3.8) is 0 Å². The van der Waals surface area contributed by atoms with Crippen LogP contribution in [0.4, 0.5) is 0 Å². The summed E-state index contributed by atoms with van der Waals surface area (Å²) in [6.45, 7) is 2.77. The predicted molar refractivity (Wildman–Crippen MR) is 135 cm³/mol. The molecule has 5 heteroatoms. The Morgan fingerprint density at radius 1 is 0.971 bits per heavy atom. The molecule has 4 aromatic rings. The van der Waals surface area contributed by atoms with E-state index in [1.165, 1.54) is 35.9 Å². The number of imidazole rings is 1. The molecule has 1 aliphatic heterocycles. The first-order chi connectivity index (χ1) is 16.7. The van der Waals surface area contributed by atoms with Crippen LogP contribution in [0.2, 0.25) is 0 Å². The van der Waals surface area contributed by atoms with E-state index in [1.54, 1.807) is 0 Å². The van der Waals surface area contributed by atoms with E-state index in [-0.39, 0.29) is 6.61 Å². The molecule has 1 N–H and O–H groups in total. The fourth-order valence-electron chi connectivity index (χ4n) is 5.18. The third-order valence-electron chi connectivity index (χ3n) is 7.33. The Bertz CT molecular complexity index is 1290. The van der Waals surface area contributed by atoms with Crippen LogP contribution in [-0.2, 0) is 13.0 Å². The quantitative estimate of drug-likeness (QED) is 0.417. The molecule has 1 aliphatic carbocycles. The SMILES string of the molecule is OC(COc1cccc(-c2ccc3ncn(C4CCC4)c3c2)c1)CN1CCc2ccccc2C1. The number of hydrogen-bond donors (Lipinski definition) is 1. The minimum absolute atomic E-state index is 0.287. The first-order valence-corrected chi connectivity index (χ1v) is 12.4. The molecule has 0 amide bonds. The van der Waals surface area contributed by atoms with Crippen LogP contribution >= 0.6 is 0 Å². The molecule has 0 radical (unpaired) electrons. The van der Waals surface area contributed by atoms with Gasteiger partial charge in [-0.1, -0.05) is 42.5 Å². The Morgan fingerprint density at radius 3 is 2.68 bits per heavy atom. The molecule has 0 saturated heterocycles. The highest BCUT2D eigenvalue weighted by Crippen LogP contribution is 2.35. The second-order valence-corrected chi connectivity index (χ2v) is 9.69. The molecular weight excluding hydrogens is 422 g/mol. The molecule has 174 valence electrons. The normalized spacial score (nSPS) is 17.3. The predicted octanol–water partition coefficient (Wildman–Crippen LogP) is 5.23. The molecule has 5 nitrogen and oxygen atoms in total. The molecule has 6 rings (SSSR count). The van der Waals surface area contributed by atoms with Gasteiger partial charge in [0.15, 0.2) is 0 Å². The van der Waals surface area contributed by atoms with Crippen LogP contribution in [0.25, 0.3) is 22.2 Å². The van der Waals surface area contributed by atoms with Gasteiger partial charge in [0.25, 0.3) is 0 Å². The first-order valence-electron chi connectivity index (χ1n) is 12.4. The third kappa shape index (κ3) is 4.33. The van der Waals surface area contributed by atoms with E-state index in [2.05, 4.69) is 69.0 Å². The van der Waals surface area contributed by atoms with E-state index in [4.69, 9.17) is 4.74 Å². The number of rotatable bonds is 7. The van der Waals surface area contributed by atoms with Gasteiger partial charge < -0.3 is 14.4 Å². The van der Waals surface area contributed by atoms with E-state index in [9.17, 15) is 5.11 Å². The zero-order chi connectivity index (χ0) is 22.9. The summed E-state index contributed by atoms with van der Waals surface area (Å²) in [4.78, 5) is 6.90. The number of β-amino-alcohol motifs (C(OH)–C–C–N with tert-alkyl or cyclic N) is 1. The van der Waals surface area contributed by atoms with Gasteiger partial charge >= 0.3 is 0 Å². The van der Waals surface area contributed by atoms with Crippen molar-refractivity contribution in [1.29, 1.82) is 0 Å². The number of ether oxygens (including phenoxy) is 1. The lowest BCUT2D eigenvalue weighted by Crippen LogP contribution is -2.38. The fourth-order valence-corrected chi connectivity index (χ4v) is 5.18. The average molecular weight is 454 g/mol. The number of benzene rings is 3. The summed E-state index contributed by atoms with van der Waals surface area (Å²) in [7, 11) is 0. The minimum atomic E-state index is -0.526. The van der Waals surface area contributed by atoms with Crippen molar-refractivity contribution in [1.82, 2.24) is 14.5 Å². The zero-order valence-electron chi connectivity index (χ0n) is 19.4. The lowest BCUT2D eigenvalue weighted by molar-refractivity contribution is 0.0638. The molecule has 2 heterocycles. The van der Waals surface area contributed by atoms with Gasteiger partial charge in [0.2, 0.25) is 0 Å². The largest absolute Gasteiger partial charge is 0.491 e. The van der Waals surface area contributed by atoms with Crippen molar-refractivity contribution >= 4 is 11.0 Å². The van der Waals surface area contributed by atoms with Crippen LogP contribution < -0.4 is 4.74 Å². The fraction of sp³-hybridized carbons (Fsp3) is 0.345. The summed E-state index contributed by atoms with van der Waals surface area (Å²) in [5, 5.41) is 10.6. The molecule has 1 atom stereocenters. The van der Waals surface area contributed by atoms with Gasteiger partial charge in [-0.2, -0.15) is 0 Å². The van der Waals surface area contributed by atoms with Gasteiger partial charge in [0.1, 0.15) is 18.5 Å². The van der Waals surface area contributed by atoms with Crippen molar-refractivity contribution in [3.05, 3.63) is 84.2 Å². The number of nitrogens with zero attached hydrogens (tertiary/aromatic N) is 3. The van der Waals surface area contributed by atoms with Gasteiger partial charge in [-0.05, 0) is 72.2 Å². The van der Waals surface area contributed by atoms with Gasteiger partial charge in [-0.25, -0.2) is 4.98 Å². The van der Waals surface area contributed by atoms with Gasteiger partial charge in [-0.3, -0.25) is 4.90 Å². The van der Waals surface area contributed by atoms with Crippen molar-refractivity contribution in [2.24, 2.45) is 0 Å². The topological polar surface area (TPSA) is 50.5 Å². The second kappa shape index (κ2) is 9.24. The van der Waals surface area contributed by atoms with Crippen molar-refractivity contribution in [2.75, 3.05) is 19.7 Å². The van der Waals surface area contributed by atoms with E-state index in [0.29, 0.717) is 12.6 Å². The summed E-state index contributed by atoms with van der Waals surface area (Å²) >= 11 is 0. The lowest BCUT2D eigenvalue weighted by atomic mass is 9.92. The third-order valence-corrected chi connectivity index (χ3v) is 7.33. The van der Waals surface area contributed by atoms with Gasteiger partial charge in [0, 0.05) is 25.7 Å². The highest BCUT2D eigenvalue weighted by atomic mass is 16.5. The molecule has 3 aromatic carbocycles. The zero-order valence-corrected chi connectivity index (χ0v) is 19.4. The first kappa shape index (κ1) is 21.4. The number of hydrogen-bond acceptors (Lipinski definition) is 4. The summed E-state index contributed by atoms with van der Waals surface area (Å²) < 4.78 is 8.34. The standard InChI is InChI=1S/C29H31N3O2/c33-26(18-31-14-13-21-5-1-2-6-24(21)17-31)19-34-27-10-3-7-22(15-27)23-11-12-28-29(16-23)32(20-30-28)25-8-4-9-25/h1-3,5-7,10-12,15-16,20,25-26,33H,4,8-9,13-14,17-19H2. The number of aromatic nitrogens is 2. The van der Waals surface area contributed by atoms with Crippen molar-refractivity contribution < 1.29 is 9.84 Å². The van der Waals surface area contributed by atoms with E-state index in [0.717, 1.165) is 41.9 Å². The van der Waals surface area contributed by atoms with Crippen LogP contribution in [0.1, 0.15) is 36.4 Å². The highest BCUT2D eigenvalue weighted by molar-refractivity contribution is 5.82. The van der Waals surface area contributed by atoms with Crippen molar-refractivity contribution in [2.45, 2.75) is 44.4 Å². The lowest BCUT2D eigenvalue weighted by Gasteiger charge is -2.30. The number of aliphatic hydroxyl groups is 1. The monoisotopic (exact) mass is 453 g/mol. The van der Waals surface area contributed by atoms with Crippen LogP contribution in [-0.4, -0.2) is 45.4 Å². The Balaban J connectivity index is 1.10. The minimum Gasteiger partial charge on any atom is -0.491 e. The summed E-state index contributed by atoms with van der Waals surface area (Å²) in [6.07, 6.45) is 6.29. The highest BCUT2D eigenvalue weighted by Gasteiger charge is 2.21. The maximum atomic E-state index is 10.6. The Labute approximate surface area is 200 Å². The summed E-state index contributed by atoms with van der Waals surface area (Å²) in [5.41, 5.74) is 7.31. The second-order valence-electron chi connectivity index (χ2n) is 9.69. The molecule has 1 saturated carbocycles. The van der Waals surface area contributed by atoms with Gasteiger partial charge in [0.05, 0.1) is 17.4 Å². The van der Waals surface area contributed by atoms with Crippen LogP contribution in [0.3, 0.4) is 0 Å². The van der Waals surface area contributed by atoms with E-state index in [1.807, 2.05) is 18.5 Å². The number of aliphatic hydroxyl groups excluding tert-OH is 1. The molecule has 1 fully saturated rings.